The second-order valence-corrected chi connectivity index (χ2v) is 10.2. The summed E-state index contributed by atoms with van der Waals surface area (Å²) in [6.07, 6.45) is 0. The Labute approximate surface area is 190 Å². The van der Waals surface area contributed by atoms with Crippen molar-refractivity contribution < 1.29 is 22.3 Å². The van der Waals surface area contributed by atoms with Crippen LogP contribution < -0.4 is 14.4 Å². The maximum Gasteiger partial charge on any atom is 0.304 e. The first kappa shape index (κ1) is 25.6. The van der Waals surface area contributed by atoms with Crippen LogP contribution in [-0.2, 0) is 15.0 Å². The zero-order valence-electron chi connectivity index (χ0n) is 19.6. The molecule has 0 unspecified atom stereocenters. The topological polar surface area (TPSA) is 79.0 Å². The zero-order valence-corrected chi connectivity index (χ0v) is 20.5. The highest BCUT2D eigenvalue weighted by atomic mass is 32.2. The third-order valence-corrected chi connectivity index (χ3v) is 7.05. The Morgan fingerprint density at radius 1 is 1.09 bits per heavy atom. The molecular weight excluding hydrogens is 433 g/mol. The van der Waals surface area contributed by atoms with Crippen molar-refractivity contribution in [2.75, 3.05) is 32.1 Å². The van der Waals surface area contributed by atoms with Crippen molar-refractivity contribution in [1.82, 2.24) is 9.62 Å². The molecule has 32 heavy (non-hydrogen) atoms. The molecule has 2 aromatic carbocycles. The van der Waals surface area contributed by atoms with Gasteiger partial charge in [0.2, 0.25) is 5.91 Å². The predicted octanol–water partition coefficient (Wildman–Crippen LogP) is 3.76. The fraction of sp³-hybridized carbons (Fsp3) is 0.435. The van der Waals surface area contributed by atoms with Gasteiger partial charge in [-0.1, -0.05) is 13.8 Å². The second kappa shape index (κ2) is 10.3. The van der Waals surface area contributed by atoms with Crippen LogP contribution in [-0.4, -0.2) is 46.4 Å². The fourth-order valence-corrected chi connectivity index (χ4v) is 4.48. The molecular formula is C23H32FN3O4S. The molecule has 0 saturated heterocycles. The van der Waals surface area contributed by atoms with Gasteiger partial charge in [0, 0.05) is 14.1 Å². The van der Waals surface area contributed by atoms with Crippen LogP contribution in [0.5, 0.6) is 5.75 Å². The van der Waals surface area contributed by atoms with E-state index in [1.165, 1.54) is 26.2 Å². The molecule has 1 atom stereocenters. The Morgan fingerprint density at radius 3 is 2.19 bits per heavy atom. The van der Waals surface area contributed by atoms with E-state index in [0.29, 0.717) is 0 Å². The van der Waals surface area contributed by atoms with Crippen LogP contribution in [0.1, 0.15) is 49.4 Å². The number of amides is 1. The van der Waals surface area contributed by atoms with Crippen molar-refractivity contribution in [3.8, 4) is 5.75 Å². The van der Waals surface area contributed by atoms with Gasteiger partial charge in [0.1, 0.15) is 18.1 Å². The number of aryl methyl sites for hydroxylation is 1. The van der Waals surface area contributed by atoms with E-state index in [2.05, 4.69) is 19.2 Å². The first-order chi connectivity index (χ1) is 14.9. The minimum absolute atomic E-state index is 0.200. The van der Waals surface area contributed by atoms with Crippen LogP contribution in [0.3, 0.4) is 0 Å². The molecule has 176 valence electrons. The second-order valence-electron chi connectivity index (χ2n) is 8.17. The molecule has 0 radical (unpaired) electrons. The predicted molar refractivity (Wildman–Crippen MR) is 125 cm³/mol. The summed E-state index contributed by atoms with van der Waals surface area (Å²) >= 11 is 0. The number of anilines is 1. The summed E-state index contributed by atoms with van der Waals surface area (Å²) in [5, 5.41) is 2.88. The lowest BCUT2D eigenvalue weighted by molar-refractivity contribution is -0.120. The van der Waals surface area contributed by atoms with Gasteiger partial charge in [0.25, 0.3) is 0 Å². The van der Waals surface area contributed by atoms with E-state index in [-0.39, 0.29) is 17.6 Å². The van der Waals surface area contributed by atoms with E-state index in [4.69, 9.17) is 4.74 Å². The number of nitrogens with one attached hydrogen (secondary N) is 1. The number of carbonyl (C=O) groups excluding carboxylic acids is 1. The van der Waals surface area contributed by atoms with E-state index in [9.17, 15) is 17.6 Å². The molecule has 0 aliphatic rings. The first-order valence-electron chi connectivity index (χ1n) is 10.3. The third-order valence-electron chi connectivity index (χ3n) is 5.23. The molecule has 0 aromatic heterocycles. The molecule has 2 aromatic rings. The Morgan fingerprint density at radius 2 is 1.69 bits per heavy atom. The summed E-state index contributed by atoms with van der Waals surface area (Å²) in [5.74, 6) is 0.0456. The lowest BCUT2D eigenvalue weighted by Crippen LogP contribution is -2.46. The largest absolute Gasteiger partial charge is 0.496 e. The van der Waals surface area contributed by atoms with E-state index >= 15 is 0 Å². The Balaban J connectivity index is 2.30. The smallest absolute Gasteiger partial charge is 0.304 e. The highest BCUT2D eigenvalue weighted by molar-refractivity contribution is 7.90. The van der Waals surface area contributed by atoms with Gasteiger partial charge in [-0.25, -0.2) is 8.70 Å². The van der Waals surface area contributed by atoms with Gasteiger partial charge in [0.15, 0.2) is 0 Å². The minimum atomic E-state index is -3.97. The summed E-state index contributed by atoms with van der Waals surface area (Å²) in [4.78, 5) is 12.9. The number of ether oxygens (including phenoxy) is 1. The molecule has 0 spiro atoms. The van der Waals surface area contributed by atoms with Crippen molar-refractivity contribution in [2.24, 2.45) is 0 Å². The number of hydrogen-bond acceptors (Lipinski definition) is 4. The number of benzene rings is 2. The quantitative estimate of drug-likeness (QED) is 0.612. The number of rotatable bonds is 9. The molecule has 2 rings (SSSR count). The maximum atomic E-state index is 13.3. The summed E-state index contributed by atoms with van der Waals surface area (Å²) in [6, 6.07) is 8.56. The van der Waals surface area contributed by atoms with Crippen molar-refractivity contribution in [1.29, 1.82) is 0 Å². The standard InChI is InChI=1S/C23H32FN3O4S/c1-15(2)20-13-21(16(3)12-22(20)31-7)17(4)25-23(28)14-27(32(29,30)26(5)6)19-10-8-18(24)9-11-19/h8-13,15,17H,14H2,1-7H3,(H,25,28)/t17-/m0/s1. The van der Waals surface area contributed by atoms with Crippen LogP contribution in [0, 0.1) is 12.7 Å². The highest BCUT2D eigenvalue weighted by Gasteiger charge is 2.28. The maximum absolute atomic E-state index is 13.3. The van der Waals surface area contributed by atoms with E-state index in [0.717, 1.165) is 43.2 Å². The van der Waals surface area contributed by atoms with Gasteiger partial charge in [0.05, 0.1) is 18.8 Å². The summed E-state index contributed by atoms with van der Waals surface area (Å²) in [7, 11) is 0.408. The van der Waals surface area contributed by atoms with Crippen molar-refractivity contribution in [3.63, 3.8) is 0 Å². The Hall–Kier alpha value is -2.65. The molecule has 9 heteroatoms. The van der Waals surface area contributed by atoms with Crippen molar-refractivity contribution >= 4 is 21.8 Å². The molecule has 7 nitrogen and oxygen atoms in total. The van der Waals surface area contributed by atoms with Crippen LogP contribution >= 0.6 is 0 Å². The van der Waals surface area contributed by atoms with Gasteiger partial charge in [-0.2, -0.15) is 12.7 Å². The first-order valence-corrected chi connectivity index (χ1v) is 11.7. The Kier molecular flexibility index (Phi) is 8.25. The minimum Gasteiger partial charge on any atom is -0.496 e. The summed E-state index contributed by atoms with van der Waals surface area (Å²) < 4.78 is 46.4. The number of methoxy groups -OCH3 is 1. The highest BCUT2D eigenvalue weighted by Crippen LogP contribution is 2.32. The SMILES string of the molecule is COc1cc(C)c([C@H](C)NC(=O)CN(c2ccc(F)cc2)S(=O)(=O)N(C)C)cc1C(C)C. The summed E-state index contributed by atoms with van der Waals surface area (Å²) in [6.45, 7) is 7.47. The molecule has 0 heterocycles. The van der Waals surface area contributed by atoms with Crippen LogP contribution in [0.2, 0.25) is 0 Å². The molecule has 0 fully saturated rings. The number of hydrogen-bond donors (Lipinski definition) is 1. The normalized spacial score (nSPS) is 12.7. The molecule has 0 saturated carbocycles. The molecule has 1 amide bonds. The average molecular weight is 466 g/mol. The van der Waals surface area contributed by atoms with Crippen molar-refractivity contribution in [2.45, 2.75) is 39.7 Å². The van der Waals surface area contributed by atoms with Gasteiger partial charge in [-0.3, -0.25) is 4.79 Å². The third kappa shape index (κ3) is 5.77. The molecule has 0 bridgehead atoms. The van der Waals surface area contributed by atoms with Crippen LogP contribution in [0.15, 0.2) is 36.4 Å². The molecule has 0 aliphatic heterocycles. The van der Waals surface area contributed by atoms with Gasteiger partial charge < -0.3 is 10.1 Å². The van der Waals surface area contributed by atoms with Crippen molar-refractivity contribution in [3.05, 3.63) is 58.9 Å². The van der Waals surface area contributed by atoms with Crippen LogP contribution in [0.25, 0.3) is 0 Å². The lowest BCUT2D eigenvalue weighted by Gasteiger charge is -2.28. The molecule has 0 aliphatic carbocycles. The lowest BCUT2D eigenvalue weighted by atomic mass is 9.93. The average Bonchev–Trinajstić information content (AvgIpc) is 2.71. The fourth-order valence-electron chi connectivity index (χ4n) is 3.42. The van der Waals surface area contributed by atoms with Crippen LogP contribution in [0.4, 0.5) is 10.1 Å². The van der Waals surface area contributed by atoms with Gasteiger partial charge >= 0.3 is 10.2 Å². The monoisotopic (exact) mass is 465 g/mol. The number of carbonyl (C=O) groups is 1. The van der Waals surface area contributed by atoms with E-state index in [1.54, 1.807) is 7.11 Å². The van der Waals surface area contributed by atoms with E-state index in [1.807, 2.05) is 26.0 Å². The number of nitrogens with zero attached hydrogens (tertiary/aromatic N) is 2. The molecule has 1 N–H and O–H groups in total. The Bertz CT molecular complexity index is 1050. The number of halogens is 1. The summed E-state index contributed by atoms with van der Waals surface area (Å²) in [5.41, 5.74) is 3.10. The van der Waals surface area contributed by atoms with Gasteiger partial charge in [-0.05, 0) is 72.9 Å². The van der Waals surface area contributed by atoms with Gasteiger partial charge in [-0.15, -0.1) is 0 Å². The van der Waals surface area contributed by atoms with E-state index < -0.39 is 28.5 Å². The zero-order chi connectivity index (χ0) is 24.2.